The van der Waals surface area contributed by atoms with Crippen LogP contribution in [-0.4, -0.2) is 47.3 Å². The molecule has 2 aromatic rings. The third kappa shape index (κ3) is 8.10. The van der Waals surface area contributed by atoms with Crippen LogP contribution in [0.25, 0.3) is 0 Å². The average Bonchev–Trinajstić information content (AvgIpc) is 2.72. The smallest absolute Gasteiger partial charge is 0.261 e. The summed E-state index contributed by atoms with van der Waals surface area (Å²) in [5.74, 6) is 0.830. The SMILES string of the molecule is COc1ccc(NS(=O)(=O)c2ccc(OCC(=O)NCCCOC(C)C)c(C)c2)cc1. The Morgan fingerprint density at radius 3 is 2.42 bits per heavy atom. The van der Waals surface area contributed by atoms with Gasteiger partial charge in [-0.3, -0.25) is 9.52 Å². The average molecular weight is 451 g/mol. The van der Waals surface area contributed by atoms with Gasteiger partial charge in [0.25, 0.3) is 15.9 Å². The first-order valence-electron chi connectivity index (χ1n) is 10.00. The van der Waals surface area contributed by atoms with E-state index in [1.807, 2.05) is 13.8 Å². The van der Waals surface area contributed by atoms with Crippen molar-refractivity contribution in [3.05, 3.63) is 48.0 Å². The third-order valence-corrected chi connectivity index (χ3v) is 5.63. The van der Waals surface area contributed by atoms with E-state index in [-0.39, 0.29) is 23.5 Å². The number of rotatable bonds is 12. The highest BCUT2D eigenvalue weighted by Gasteiger charge is 2.16. The first kappa shape index (κ1) is 24.5. The Morgan fingerprint density at radius 2 is 1.81 bits per heavy atom. The fraction of sp³-hybridized carbons (Fsp3) is 0.409. The van der Waals surface area contributed by atoms with Crippen molar-refractivity contribution in [2.75, 3.05) is 31.6 Å². The number of aryl methyl sites for hydroxylation is 1. The van der Waals surface area contributed by atoms with E-state index in [0.29, 0.717) is 35.9 Å². The Kier molecular flexibility index (Phi) is 9.14. The van der Waals surface area contributed by atoms with Gasteiger partial charge >= 0.3 is 0 Å². The van der Waals surface area contributed by atoms with Crippen LogP contribution in [0.15, 0.2) is 47.4 Å². The van der Waals surface area contributed by atoms with Crippen LogP contribution in [0, 0.1) is 6.92 Å². The van der Waals surface area contributed by atoms with Gasteiger partial charge < -0.3 is 19.5 Å². The van der Waals surface area contributed by atoms with Crippen molar-refractivity contribution in [3.63, 3.8) is 0 Å². The summed E-state index contributed by atoms with van der Waals surface area (Å²) < 4.78 is 43.8. The molecular weight excluding hydrogens is 420 g/mol. The number of ether oxygens (including phenoxy) is 3. The lowest BCUT2D eigenvalue weighted by Gasteiger charge is -2.13. The van der Waals surface area contributed by atoms with Crippen molar-refractivity contribution in [2.24, 2.45) is 0 Å². The van der Waals surface area contributed by atoms with Crippen LogP contribution in [0.2, 0.25) is 0 Å². The maximum absolute atomic E-state index is 12.6. The van der Waals surface area contributed by atoms with Crippen LogP contribution in [0.3, 0.4) is 0 Å². The van der Waals surface area contributed by atoms with Gasteiger partial charge in [0, 0.05) is 18.8 Å². The van der Waals surface area contributed by atoms with Gasteiger partial charge in [-0.2, -0.15) is 0 Å². The molecule has 0 bridgehead atoms. The van der Waals surface area contributed by atoms with E-state index in [4.69, 9.17) is 14.2 Å². The van der Waals surface area contributed by atoms with Crippen LogP contribution in [0.4, 0.5) is 5.69 Å². The zero-order chi connectivity index (χ0) is 22.9. The molecule has 2 aromatic carbocycles. The molecule has 8 nitrogen and oxygen atoms in total. The summed E-state index contributed by atoms with van der Waals surface area (Å²) >= 11 is 0. The molecule has 2 rings (SSSR count). The first-order valence-corrected chi connectivity index (χ1v) is 11.5. The first-order chi connectivity index (χ1) is 14.7. The van der Waals surface area contributed by atoms with Gasteiger partial charge in [0.1, 0.15) is 11.5 Å². The summed E-state index contributed by atoms with van der Waals surface area (Å²) in [5.41, 5.74) is 1.03. The van der Waals surface area contributed by atoms with Crippen molar-refractivity contribution in [2.45, 2.75) is 38.2 Å². The highest BCUT2D eigenvalue weighted by atomic mass is 32.2. The maximum Gasteiger partial charge on any atom is 0.261 e. The Labute approximate surface area is 184 Å². The van der Waals surface area contributed by atoms with Gasteiger partial charge in [-0.1, -0.05) is 0 Å². The number of hydrogen-bond acceptors (Lipinski definition) is 6. The van der Waals surface area contributed by atoms with Crippen LogP contribution in [0.5, 0.6) is 11.5 Å². The normalized spacial score (nSPS) is 11.3. The third-order valence-electron chi connectivity index (χ3n) is 4.25. The maximum atomic E-state index is 12.6. The second-order valence-electron chi connectivity index (χ2n) is 7.17. The van der Waals surface area contributed by atoms with Crippen LogP contribution >= 0.6 is 0 Å². The van der Waals surface area contributed by atoms with Gasteiger partial charge in [0.2, 0.25) is 0 Å². The second-order valence-corrected chi connectivity index (χ2v) is 8.86. The summed E-state index contributed by atoms with van der Waals surface area (Å²) in [6.07, 6.45) is 0.886. The molecule has 0 aliphatic carbocycles. The molecule has 0 saturated heterocycles. The number of anilines is 1. The van der Waals surface area contributed by atoms with Gasteiger partial charge in [-0.25, -0.2) is 8.42 Å². The number of methoxy groups -OCH3 is 1. The molecule has 0 aliphatic heterocycles. The summed E-state index contributed by atoms with van der Waals surface area (Å²) in [6.45, 7) is 6.58. The van der Waals surface area contributed by atoms with Gasteiger partial charge in [-0.05, 0) is 75.2 Å². The zero-order valence-corrected chi connectivity index (χ0v) is 19.1. The van der Waals surface area contributed by atoms with Crippen LogP contribution in [0.1, 0.15) is 25.8 Å². The van der Waals surface area contributed by atoms with Crippen molar-refractivity contribution < 1.29 is 27.4 Å². The standard InChI is InChI=1S/C22H30N2O6S/c1-16(2)29-13-5-12-23-22(25)15-30-21-11-10-20(14-17(21)3)31(26,27)24-18-6-8-19(28-4)9-7-18/h6-11,14,16,24H,5,12-13,15H2,1-4H3,(H,23,25). The Bertz CT molecular complexity index is 958. The molecule has 0 atom stereocenters. The van der Waals surface area contributed by atoms with Gasteiger partial charge in [0.15, 0.2) is 6.61 Å². The minimum Gasteiger partial charge on any atom is -0.497 e. The molecule has 0 aromatic heterocycles. The van der Waals surface area contributed by atoms with Gasteiger partial charge in [0.05, 0.1) is 18.1 Å². The van der Waals surface area contributed by atoms with E-state index in [1.165, 1.54) is 19.2 Å². The molecule has 31 heavy (non-hydrogen) atoms. The number of carbonyl (C=O) groups excluding carboxylic acids is 1. The second kappa shape index (κ2) is 11.6. The van der Waals surface area contributed by atoms with E-state index >= 15 is 0 Å². The Balaban J connectivity index is 1.89. The van der Waals surface area contributed by atoms with E-state index in [1.54, 1.807) is 37.3 Å². The summed E-state index contributed by atoms with van der Waals surface area (Å²) in [7, 11) is -2.22. The number of sulfonamides is 1. The number of nitrogens with one attached hydrogen (secondary N) is 2. The van der Waals surface area contributed by atoms with Gasteiger partial charge in [-0.15, -0.1) is 0 Å². The van der Waals surface area contributed by atoms with Crippen molar-refractivity contribution in [1.29, 1.82) is 0 Å². The molecule has 1 amide bonds. The molecule has 2 N–H and O–H groups in total. The molecule has 0 heterocycles. The van der Waals surface area contributed by atoms with Crippen LogP contribution in [-0.2, 0) is 19.6 Å². The minimum absolute atomic E-state index is 0.0998. The summed E-state index contributed by atoms with van der Waals surface area (Å²) in [6, 6.07) is 11.1. The van der Waals surface area contributed by atoms with E-state index in [9.17, 15) is 13.2 Å². The van der Waals surface area contributed by atoms with Crippen molar-refractivity contribution in [3.8, 4) is 11.5 Å². The predicted molar refractivity (Wildman–Crippen MR) is 119 cm³/mol. The molecule has 0 spiro atoms. The highest BCUT2D eigenvalue weighted by molar-refractivity contribution is 7.92. The van der Waals surface area contributed by atoms with E-state index < -0.39 is 10.0 Å². The number of carbonyl (C=O) groups is 1. The lowest BCUT2D eigenvalue weighted by atomic mass is 10.2. The van der Waals surface area contributed by atoms with E-state index in [2.05, 4.69) is 10.0 Å². The summed E-state index contributed by atoms with van der Waals surface area (Å²) in [5, 5.41) is 2.76. The quantitative estimate of drug-likeness (QED) is 0.482. The topological polar surface area (TPSA) is 103 Å². The largest absolute Gasteiger partial charge is 0.497 e. The molecule has 0 radical (unpaired) electrons. The zero-order valence-electron chi connectivity index (χ0n) is 18.3. The predicted octanol–water partition coefficient (Wildman–Crippen LogP) is 3.11. The Morgan fingerprint density at radius 1 is 1.10 bits per heavy atom. The van der Waals surface area contributed by atoms with Crippen LogP contribution < -0.4 is 19.5 Å². The summed E-state index contributed by atoms with van der Waals surface area (Å²) in [4.78, 5) is 12.0. The van der Waals surface area contributed by atoms with Crippen molar-refractivity contribution in [1.82, 2.24) is 5.32 Å². The lowest BCUT2D eigenvalue weighted by Crippen LogP contribution is -2.30. The molecule has 0 unspecified atom stereocenters. The molecule has 9 heteroatoms. The molecule has 0 aliphatic rings. The Hall–Kier alpha value is -2.78. The molecule has 0 fully saturated rings. The molecule has 170 valence electrons. The molecule has 0 saturated carbocycles. The monoisotopic (exact) mass is 450 g/mol. The minimum atomic E-state index is -3.76. The van der Waals surface area contributed by atoms with Crippen molar-refractivity contribution >= 4 is 21.6 Å². The highest BCUT2D eigenvalue weighted by Crippen LogP contribution is 2.24. The van der Waals surface area contributed by atoms with E-state index in [0.717, 1.165) is 6.42 Å². The number of amides is 1. The lowest BCUT2D eigenvalue weighted by molar-refractivity contribution is -0.123. The fourth-order valence-corrected chi connectivity index (χ4v) is 3.78. The fourth-order valence-electron chi connectivity index (χ4n) is 2.64. The molecular formula is C22H30N2O6S. The number of hydrogen-bond donors (Lipinski definition) is 2. The number of benzene rings is 2.